The van der Waals surface area contributed by atoms with Gasteiger partial charge in [-0.1, -0.05) is 29.8 Å². The van der Waals surface area contributed by atoms with E-state index in [1.807, 2.05) is 48.5 Å². The Bertz CT molecular complexity index is 707. The van der Waals surface area contributed by atoms with Gasteiger partial charge in [-0.15, -0.1) is 6.58 Å². The number of amides is 1. The first kappa shape index (κ1) is 15.8. The van der Waals surface area contributed by atoms with Gasteiger partial charge in [0.25, 0.3) is 0 Å². The molecule has 120 valence electrons. The monoisotopic (exact) mass is 329 g/mol. The van der Waals surface area contributed by atoms with Crippen LogP contribution in [0.4, 0.5) is 5.69 Å². The van der Waals surface area contributed by atoms with Crippen molar-refractivity contribution in [1.82, 2.24) is 9.78 Å². The summed E-state index contributed by atoms with van der Waals surface area (Å²) >= 11 is 6.00. The number of allylic oxidation sites excluding steroid dienone is 1. The van der Waals surface area contributed by atoms with E-state index in [1.54, 1.807) is 10.9 Å². The van der Waals surface area contributed by atoms with Gasteiger partial charge in [-0.2, -0.15) is 5.10 Å². The highest BCUT2D eigenvalue weighted by Crippen LogP contribution is 2.39. The quantitative estimate of drug-likeness (QED) is 0.791. The summed E-state index contributed by atoms with van der Waals surface area (Å²) < 4.78 is 1.72. The van der Waals surface area contributed by atoms with Crippen LogP contribution in [-0.2, 0) is 11.8 Å². The number of hydrogen-bond donors (Lipinski definition) is 0. The number of carbonyl (C=O) groups is 1. The third-order valence-electron chi connectivity index (χ3n) is 4.36. The lowest BCUT2D eigenvalue weighted by Crippen LogP contribution is -2.43. The first-order valence-electron chi connectivity index (χ1n) is 7.78. The summed E-state index contributed by atoms with van der Waals surface area (Å²) in [6, 6.07) is 7.76. The van der Waals surface area contributed by atoms with E-state index in [2.05, 4.69) is 11.7 Å². The van der Waals surface area contributed by atoms with E-state index < -0.39 is 0 Å². The van der Waals surface area contributed by atoms with Crippen molar-refractivity contribution in [2.45, 2.75) is 25.3 Å². The highest BCUT2D eigenvalue weighted by atomic mass is 35.5. The number of aromatic nitrogens is 2. The van der Waals surface area contributed by atoms with E-state index in [-0.39, 0.29) is 17.9 Å². The highest BCUT2D eigenvalue weighted by molar-refractivity contribution is 6.30. The van der Waals surface area contributed by atoms with Crippen molar-refractivity contribution in [2.75, 3.05) is 4.90 Å². The van der Waals surface area contributed by atoms with Crippen molar-refractivity contribution in [3.8, 4) is 0 Å². The summed E-state index contributed by atoms with van der Waals surface area (Å²) in [4.78, 5) is 14.9. The summed E-state index contributed by atoms with van der Waals surface area (Å²) in [5.41, 5.74) is 1.94. The number of piperidine rings is 1. The number of aryl methyl sites for hydroxylation is 1. The van der Waals surface area contributed by atoms with Crippen molar-refractivity contribution < 1.29 is 4.79 Å². The molecule has 2 aromatic rings. The summed E-state index contributed by atoms with van der Waals surface area (Å²) in [5, 5.41) is 4.92. The van der Waals surface area contributed by atoms with Gasteiger partial charge in [-0.25, -0.2) is 0 Å². The zero-order chi connectivity index (χ0) is 16.4. The molecule has 2 heterocycles. The Morgan fingerprint density at radius 2 is 2.09 bits per heavy atom. The van der Waals surface area contributed by atoms with Crippen LogP contribution >= 0.6 is 11.6 Å². The summed E-state index contributed by atoms with van der Waals surface area (Å²) in [5.74, 6) is 0.139. The number of halogens is 1. The number of hydrogen-bond acceptors (Lipinski definition) is 2. The number of carbonyl (C=O) groups excluding carboxylic acids is 1. The molecular formula is C18H20ClN3O. The number of rotatable bonds is 4. The average molecular weight is 330 g/mol. The van der Waals surface area contributed by atoms with Gasteiger partial charge < -0.3 is 4.90 Å². The van der Waals surface area contributed by atoms with Gasteiger partial charge in [0.05, 0.1) is 17.9 Å². The van der Waals surface area contributed by atoms with Crippen LogP contribution in [0.3, 0.4) is 0 Å². The van der Waals surface area contributed by atoms with Crippen molar-refractivity contribution in [2.24, 2.45) is 13.0 Å². The molecule has 1 aliphatic heterocycles. The molecule has 1 aromatic heterocycles. The van der Waals surface area contributed by atoms with Crippen LogP contribution in [-0.4, -0.2) is 15.7 Å². The molecule has 1 aliphatic rings. The number of anilines is 1. The highest BCUT2D eigenvalue weighted by Gasteiger charge is 2.36. The average Bonchev–Trinajstić information content (AvgIpc) is 2.96. The molecule has 0 spiro atoms. The predicted octanol–water partition coefficient (Wildman–Crippen LogP) is 4.13. The van der Waals surface area contributed by atoms with E-state index >= 15 is 0 Å². The minimum Gasteiger partial charge on any atom is -0.302 e. The molecule has 0 N–H and O–H groups in total. The Kier molecular flexibility index (Phi) is 4.53. The summed E-state index contributed by atoms with van der Waals surface area (Å²) in [6.07, 6.45) is 7.96. The SMILES string of the molecule is C=CCC1CC[C@@H](c2ccc(Cl)cc2)N(c2cnn(C)c2)C1=O. The second-order valence-corrected chi connectivity index (χ2v) is 6.38. The van der Waals surface area contributed by atoms with Crippen LogP contribution in [0.2, 0.25) is 5.02 Å². The fraction of sp³-hybridized carbons (Fsp3) is 0.333. The Labute approximate surface area is 141 Å². The van der Waals surface area contributed by atoms with E-state index in [1.165, 1.54) is 0 Å². The second-order valence-electron chi connectivity index (χ2n) is 5.95. The van der Waals surface area contributed by atoms with E-state index in [0.717, 1.165) is 24.1 Å². The van der Waals surface area contributed by atoms with Crippen LogP contribution in [0.5, 0.6) is 0 Å². The molecule has 0 radical (unpaired) electrons. The maximum atomic E-state index is 13.0. The smallest absolute Gasteiger partial charge is 0.231 e. The zero-order valence-electron chi connectivity index (χ0n) is 13.2. The third kappa shape index (κ3) is 3.17. The number of nitrogens with zero attached hydrogens (tertiary/aromatic N) is 3. The molecule has 3 rings (SSSR count). The molecule has 5 heteroatoms. The topological polar surface area (TPSA) is 38.1 Å². The fourth-order valence-electron chi connectivity index (χ4n) is 3.22. The van der Waals surface area contributed by atoms with Crippen LogP contribution in [0.1, 0.15) is 30.9 Å². The molecule has 0 aliphatic carbocycles. The molecule has 1 unspecified atom stereocenters. The lowest BCUT2D eigenvalue weighted by Gasteiger charge is -2.38. The van der Waals surface area contributed by atoms with Crippen molar-refractivity contribution in [3.05, 3.63) is 59.9 Å². The fourth-order valence-corrected chi connectivity index (χ4v) is 3.35. The third-order valence-corrected chi connectivity index (χ3v) is 4.61. The minimum atomic E-state index is -0.00347. The predicted molar refractivity (Wildman–Crippen MR) is 92.4 cm³/mol. The van der Waals surface area contributed by atoms with Crippen LogP contribution in [0.15, 0.2) is 49.3 Å². The van der Waals surface area contributed by atoms with Crippen molar-refractivity contribution in [3.63, 3.8) is 0 Å². The molecule has 1 aromatic carbocycles. The van der Waals surface area contributed by atoms with Crippen molar-refractivity contribution >= 4 is 23.2 Å². The zero-order valence-corrected chi connectivity index (χ0v) is 13.9. The lowest BCUT2D eigenvalue weighted by molar-refractivity contribution is -0.124. The molecular weight excluding hydrogens is 310 g/mol. The molecule has 1 amide bonds. The minimum absolute atomic E-state index is 0.00347. The van der Waals surface area contributed by atoms with Gasteiger partial charge in [0.1, 0.15) is 0 Å². The van der Waals surface area contributed by atoms with Crippen LogP contribution < -0.4 is 4.90 Å². The maximum Gasteiger partial charge on any atom is 0.231 e. The first-order valence-corrected chi connectivity index (χ1v) is 8.16. The summed E-state index contributed by atoms with van der Waals surface area (Å²) in [7, 11) is 1.86. The Hall–Kier alpha value is -2.07. The Balaban J connectivity index is 1.98. The van der Waals surface area contributed by atoms with Gasteiger partial charge in [0.15, 0.2) is 0 Å². The second kappa shape index (κ2) is 6.59. The lowest BCUT2D eigenvalue weighted by atomic mass is 9.86. The largest absolute Gasteiger partial charge is 0.302 e. The molecule has 4 nitrogen and oxygen atoms in total. The van der Waals surface area contributed by atoms with Gasteiger partial charge in [-0.05, 0) is 37.0 Å². The number of benzene rings is 1. The molecule has 1 saturated heterocycles. The van der Waals surface area contributed by atoms with Crippen LogP contribution in [0, 0.1) is 5.92 Å². The van der Waals surface area contributed by atoms with Gasteiger partial charge >= 0.3 is 0 Å². The molecule has 23 heavy (non-hydrogen) atoms. The molecule has 0 saturated carbocycles. The normalized spacial score (nSPS) is 21.5. The van der Waals surface area contributed by atoms with E-state index in [0.29, 0.717) is 11.4 Å². The first-order chi connectivity index (χ1) is 11.1. The summed E-state index contributed by atoms with van der Waals surface area (Å²) in [6.45, 7) is 3.78. The van der Waals surface area contributed by atoms with Gasteiger partial charge in [0.2, 0.25) is 5.91 Å². The maximum absolute atomic E-state index is 13.0. The van der Waals surface area contributed by atoms with Crippen molar-refractivity contribution in [1.29, 1.82) is 0 Å². The standard InChI is InChI=1S/C18H20ClN3O/c1-3-4-14-7-10-17(13-5-8-15(19)9-6-13)22(18(14)23)16-11-20-21(2)12-16/h3,5-6,8-9,11-12,14,17H,1,4,7,10H2,2H3/t14?,17-/m0/s1. The molecule has 1 fully saturated rings. The van der Waals surface area contributed by atoms with Gasteiger partial charge in [-0.3, -0.25) is 9.48 Å². The molecule has 0 bridgehead atoms. The van der Waals surface area contributed by atoms with Crippen LogP contribution in [0.25, 0.3) is 0 Å². The Morgan fingerprint density at radius 3 is 2.70 bits per heavy atom. The van der Waals surface area contributed by atoms with E-state index in [9.17, 15) is 4.79 Å². The van der Waals surface area contributed by atoms with E-state index in [4.69, 9.17) is 11.6 Å². The Morgan fingerprint density at radius 1 is 1.35 bits per heavy atom. The van der Waals surface area contributed by atoms with Gasteiger partial charge in [0, 0.05) is 24.2 Å². The molecule has 2 atom stereocenters.